The van der Waals surface area contributed by atoms with Gasteiger partial charge in [-0.05, 0) is 61.6 Å². The molecule has 0 aliphatic rings. The lowest BCUT2D eigenvalue weighted by Crippen LogP contribution is -2.32. The molecule has 0 spiro atoms. The molecule has 5 heteroatoms. The van der Waals surface area contributed by atoms with Crippen molar-refractivity contribution in [3.05, 3.63) is 58.7 Å². The molecule has 2 aromatic carbocycles. The molecule has 0 aromatic heterocycles. The van der Waals surface area contributed by atoms with Crippen molar-refractivity contribution >= 4 is 17.5 Å². The fourth-order valence-corrected chi connectivity index (χ4v) is 2.95. The summed E-state index contributed by atoms with van der Waals surface area (Å²) < 4.78 is 5.45. The smallest absolute Gasteiger partial charge is 0.255 e. The standard InChI is InChI=1S/C23H30N2O3/c1-7-16(5)24-22(26)17-10-8-9-11-20(17)25-23(27)19-13-18(14(2)3)21(28-6)12-15(19)4/h8-14,16H,7H2,1-6H3,(H,24,26)(H,25,27). The SMILES string of the molecule is CCC(C)NC(=O)c1ccccc1NC(=O)c1cc(C(C)C)c(OC)cc1C. The lowest BCUT2D eigenvalue weighted by molar-refractivity contribution is 0.0940. The van der Waals surface area contributed by atoms with E-state index < -0.39 is 0 Å². The van der Waals surface area contributed by atoms with E-state index in [1.807, 2.05) is 32.9 Å². The first-order valence-corrected chi connectivity index (χ1v) is 9.68. The molecule has 2 amide bonds. The Morgan fingerprint density at radius 2 is 1.71 bits per heavy atom. The van der Waals surface area contributed by atoms with Crippen LogP contribution in [-0.4, -0.2) is 25.0 Å². The molecule has 0 heterocycles. The summed E-state index contributed by atoms with van der Waals surface area (Å²) in [5.74, 6) is 0.554. The summed E-state index contributed by atoms with van der Waals surface area (Å²) in [6, 6.07) is 10.9. The van der Waals surface area contributed by atoms with E-state index in [0.717, 1.165) is 23.3 Å². The summed E-state index contributed by atoms with van der Waals surface area (Å²) in [6.07, 6.45) is 0.837. The average Bonchev–Trinajstić information content (AvgIpc) is 2.67. The van der Waals surface area contributed by atoms with Crippen LogP contribution in [0.15, 0.2) is 36.4 Å². The van der Waals surface area contributed by atoms with Crippen molar-refractivity contribution in [1.29, 1.82) is 0 Å². The van der Waals surface area contributed by atoms with Gasteiger partial charge in [-0.3, -0.25) is 9.59 Å². The minimum atomic E-state index is -0.245. The van der Waals surface area contributed by atoms with Crippen LogP contribution in [0.2, 0.25) is 0 Å². The van der Waals surface area contributed by atoms with Gasteiger partial charge in [0.15, 0.2) is 0 Å². The highest BCUT2D eigenvalue weighted by Crippen LogP contribution is 2.30. The van der Waals surface area contributed by atoms with E-state index in [-0.39, 0.29) is 23.8 Å². The fraction of sp³-hybridized carbons (Fsp3) is 0.391. The number of carbonyl (C=O) groups excluding carboxylic acids is 2. The van der Waals surface area contributed by atoms with Crippen LogP contribution in [0, 0.1) is 6.92 Å². The maximum atomic E-state index is 13.0. The quantitative estimate of drug-likeness (QED) is 0.715. The molecule has 0 radical (unpaired) electrons. The third-order valence-electron chi connectivity index (χ3n) is 4.85. The van der Waals surface area contributed by atoms with Crippen molar-refractivity contribution in [3.63, 3.8) is 0 Å². The highest BCUT2D eigenvalue weighted by Gasteiger charge is 2.19. The summed E-state index contributed by atoms with van der Waals surface area (Å²) >= 11 is 0. The zero-order valence-electron chi connectivity index (χ0n) is 17.6. The van der Waals surface area contributed by atoms with Crippen molar-refractivity contribution in [2.24, 2.45) is 0 Å². The van der Waals surface area contributed by atoms with Crippen LogP contribution in [0.4, 0.5) is 5.69 Å². The molecule has 0 bridgehead atoms. The number of methoxy groups -OCH3 is 1. The third-order valence-corrected chi connectivity index (χ3v) is 4.85. The zero-order valence-corrected chi connectivity index (χ0v) is 17.6. The lowest BCUT2D eigenvalue weighted by Gasteiger charge is -2.17. The van der Waals surface area contributed by atoms with Gasteiger partial charge >= 0.3 is 0 Å². The Balaban J connectivity index is 2.34. The van der Waals surface area contributed by atoms with Crippen LogP contribution in [0.25, 0.3) is 0 Å². The van der Waals surface area contributed by atoms with Crippen molar-refractivity contribution in [2.45, 2.75) is 53.0 Å². The molecule has 150 valence electrons. The van der Waals surface area contributed by atoms with Crippen LogP contribution >= 0.6 is 0 Å². The first-order valence-electron chi connectivity index (χ1n) is 9.68. The Morgan fingerprint density at radius 1 is 1.04 bits per heavy atom. The van der Waals surface area contributed by atoms with E-state index >= 15 is 0 Å². The van der Waals surface area contributed by atoms with E-state index in [1.165, 1.54) is 0 Å². The molecule has 0 saturated heterocycles. The number of amides is 2. The molecule has 5 nitrogen and oxygen atoms in total. The molecule has 28 heavy (non-hydrogen) atoms. The summed E-state index contributed by atoms with van der Waals surface area (Å²) in [5.41, 5.74) is 3.31. The second-order valence-electron chi connectivity index (χ2n) is 7.35. The number of rotatable bonds is 7. The van der Waals surface area contributed by atoms with Gasteiger partial charge in [0.25, 0.3) is 11.8 Å². The Kier molecular flexibility index (Phi) is 7.21. The van der Waals surface area contributed by atoms with Crippen LogP contribution in [0.5, 0.6) is 5.75 Å². The van der Waals surface area contributed by atoms with Gasteiger partial charge < -0.3 is 15.4 Å². The van der Waals surface area contributed by atoms with E-state index in [1.54, 1.807) is 31.4 Å². The van der Waals surface area contributed by atoms with Gasteiger partial charge in [-0.25, -0.2) is 0 Å². The number of aryl methyl sites for hydroxylation is 1. The average molecular weight is 383 g/mol. The van der Waals surface area contributed by atoms with E-state index in [2.05, 4.69) is 24.5 Å². The maximum absolute atomic E-state index is 13.0. The number of ether oxygens (including phenoxy) is 1. The number of benzene rings is 2. The van der Waals surface area contributed by atoms with Gasteiger partial charge in [-0.2, -0.15) is 0 Å². The van der Waals surface area contributed by atoms with Gasteiger partial charge in [-0.1, -0.05) is 32.9 Å². The summed E-state index contributed by atoms with van der Waals surface area (Å²) in [4.78, 5) is 25.5. The largest absolute Gasteiger partial charge is 0.496 e. The van der Waals surface area contributed by atoms with Gasteiger partial charge in [-0.15, -0.1) is 0 Å². The topological polar surface area (TPSA) is 67.4 Å². The molecule has 0 aliphatic carbocycles. The Morgan fingerprint density at radius 3 is 2.32 bits per heavy atom. The summed E-state index contributed by atoms with van der Waals surface area (Å²) in [5, 5.41) is 5.85. The number of hydrogen-bond donors (Lipinski definition) is 2. The molecule has 0 fully saturated rings. The van der Waals surface area contributed by atoms with Crippen LogP contribution in [-0.2, 0) is 0 Å². The molecule has 1 atom stereocenters. The molecule has 0 saturated carbocycles. The molecule has 1 unspecified atom stereocenters. The van der Waals surface area contributed by atoms with Gasteiger partial charge in [0, 0.05) is 11.6 Å². The van der Waals surface area contributed by atoms with Crippen LogP contribution in [0.1, 0.15) is 71.9 Å². The Hall–Kier alpha value is -2.82. The first kappa shape index (κ1) is 21.5. The van der Waals surface area contributed by atoms with Crippen molar-refractivity contribution < 1.29 is 14.3 Å². The number of nitrogens with one attached hydrogen (secondary N) is 2. The fourth-order valence-electron chi connectivity index (χ4n) is 2.95. The van der Waals surface area contributed by atoms with E-state index in [0.29, 0.717) is 16.8 Å². The Bertz CT molecular complexity index is 859. The predicted molar refractivity (Wildman–Crippen MR) is 113 cm³/mol. The monoisotopic (exact) mass is 382 g/mol. The number of anilines is 1. The Labute approximate surface area is 167 Å². The van der Waals surface area contributed by atoms with E-state index in [4.69, 9.17) is 4.74 Å². The minimum absolute atomic E-state index is 0.0636. The molecule has 0 aliphatic heterocycles. The van der Waals surface area contributed by atoms with Crippen LogP contribution < -0.4 is 15.4 Å². The van der Waals surface area contributed by atoms with Gasteiger partial charge in [0.2, 0.25) is 0 Å². The van der Waals surface area contributed by atoms with E-state index in [9.17, 15) is 9.59 Å². The molecule has 2 rings (SSSR count). The highest BCUT2D eigenvalue weighted by atomic mass is 16.5. The third kappa shape index (κ3) is 4.91. The first-order chi connectivity index (χ1) is 13.3. The van der Waals surface area contributed by atoms with Crippen molar-refractivity contribution in [3.8, 4) is 5.75 Å². The molecular formula is C23H30N2O3. The summed E-state index contributed by atoms with van der Waals surface area (Å²) in [6.45, 7) is 9.96. The molecule has 2 N–H and O–H groups in total. The predicted octanol–water partition coefficient (Wildman–Crippen LogP) is 4.91. The number of carbonyl (C=O) groups is 2. The van der Waals surface area contributed by atoms with Crippen molar-refractivity contribution in [1.82, 2.24) is 5.32 Å². The number of hydrogen-bond acceptors (Lipinski definition) is 3. The zero-order chi connectivity index (χ0) is 20.8. The second-order valence-corrected chi connectivity index (χ2v) is 7.35. The van der Waals surface area contributed by atoms with Crippen LogP contribution in [0.3, 0.4) is 0 Å². The molecular weight excluding hydrogens is 352 g/mol. The van der Waals surface area contributed by atoms with Gasteiger partial charge in [0.1, 0.15) is 5.75 Å². The number of para-hydroxylation sites is 1. The summed E-state index contributed by atoms with van der Waals surface area (Å²) in [7, 11) is 1.63. The van der Waals surface area contributed by atoms with Gasteiger partial charge in [0.05, 0.1) is 18.4 Å². The normalized spacial score (nSPS) is 11.8. The maximum Gasteiger partial charge on any atom is 0.255 e. The second kappa shape index (κ2) is 9.40. The van der Waals surface area contributed by atoms with Crippen molar-refractivity contribution in [2.75, 3.05) is 12.4 Å². The lowest BCUT2D eigenvalue weighted by atomic mass is 9.96. The minimum Gasteiger partial charge on any atom is -0.496 e. The molecule has 2 aromatic rings. The highest BCUT2D eigenvalue weighted by molar-refractivity contribution is 6.09.